The third kappa shape index (κ3) is 2.69. The Bertz CT molecular complexity index is 515. The summed E-state index contributed by atoms with van der Waals surface area (Å²) in [4.78, 5) is 36.2. The Morgan fingerprint density at radius 1 is 1.41 bits per heavy atom. The van der Waals surface area contributed by atoms with Crippen LogP contribution in [-0.2, 0) is 14.3 Å². The summed E-state index contributed by atoms with van der Waals surface area (Å²) in [6, 6.07) is 0.0569. The second-order valence-corrected chi connectivity index (χ2v) is 7.70. The minimum atomic E-state index is -1.10. The maximum atomic E-state index is 12.8. The van der Waals surface area contributed by atoms with E-state index in [0.717, 1.165) is 6.29 Å². The van der Waals surface area contributed by atoms with Gasteiger partial charge in [0.1, 0.15) is 23.0 Å². The van der Waals surface area contributed by atoms with Crippen LogP contribution in [-0.4, -0.2) is 57.6 Å². The molecule has 0 spiro atoms. The normalized spacial score (nSPS) is 35.5. The van der Waals surface area contributed by atoms with E-state index in [1.807, 2.05) is 11.9 Å². The van der Waals surface area contributed by atoms with E-state index in [-0.39, 0.29) is 11.9 Å². The smallest absolute Gasteiger partial charge is 0.408 e. The number of ether oxygens (including phenoxy) is 1. The van der Waals surface area contributed by atoms with E-state index < -0.39 is 22.8 Å². The molecule has 0 aromatic heterocycles. The molecule has 2 saturated heterocycles. The molecule has 3 unspecified atom stereocenters. The molecule has 0 aliphatic carbocycles. The van der Waals surface area contributed by atoms with Crippen molar-refractivity contribution in [2.75, 3.05) is 6.54 Å². The molecule has 2 aliphatic rings. The zero-order chi connectivity index (χ0) is 16.9. The lowest BCUT2D eigenvalue weighted by Crippen LogP contribution is -2.57. The number of carbonyl (C=O) groups is 3. The molecular weight excluding hydrogens is 286 g/mol. The van der Waals surface area contributed by atoms with Crippen LogP contribution in [0.15, 0.2) is 0 Å². The van der Waals surface area contributed by atoms with E-state index in [9.17, 15) is 14.4 Å². The Hall–Kier alpha value is -1.63. The number of hydrazine groups is 1. The van der Waals surface area contributed by atoms with Crippen LogP contribution in [0.3, 0.4) is 0 Å². The van der Waals surface area contributed by atoms with E-state index in [1.165, 1.54) is 5.01 Å². The average Bonchev–Trinajstić information content (AvgIpc) is 2.72. The summed E-state index contributed by atoms with van der Waals surface area (Å²) in [5.41, 5.74) is -2.59. The monoisotopic (exact) mass is 311 g/mol. The van der Waals surface area contributed by atoms with Gasteiger partial charge in [0.15, 0.2) is 0 Å². The Morgan fingerprint density at radius 3 is 2.50 bits per heavy atom. The van der Waals surface area contributed by atoms with Crippen molar-refractivity contribution in [3.8, 4) is 0 Å². The van der Waals surface area contributed by atoms with Crippen molar-refractivity contribution >= 4 is 18.3 Å². The number of fused-ring (bicyclic) bond motifs is 1. The number of rotatable bonds is 2. The summed E-state index contributed by atoms with van der Waals surface area (Å²) in [6.07, 6.45) is 0.761. The molecule has 2 fully saturated rings. The first-order valence-corrected chi connectivity index (χ1v) is 7.51. The van der Waals surface area contributed by atoms with Crippen LogP contribution in [0.2, 0.25) is 0 Å². The molecule has 0 aromatic carbocycles. The fraction of sp³-hybridized carbons (Fsp3) is 0.800. The van der Waals surface area contributed by atoms with E-state index >= 15 is 0 Å². The first-order chi connectivity index (χ1) is 9.92. The summed E-state index contributed by atoms with van der Waals surface area (Å²) >= 11 is 0. The summed E-state index contributed by atoms with van der Waals surface area (Å²) in [7, 11) is 0. The number of hydrogen-bond donors (Lipinski definition) is 1. The van der Waals surface area contributed by atoms with Crippen molar-refractivity contribution in [1.29, 1.82) is 0 Å². The van der Waals surface area contributed by atoms with Gasteiger partial charge in [-0.05, 0) is 48.0 Å². The van der Waals surface area contributed by atoms with Gasteiger partial charge in [-0.2, -0.15) is 0 Å². The van der Waals surface area contributed by atoms with Crippen LogP contribution in [0.1, 0.15) is 48.0 Å². The Balaban J connectivity index is 2.20. The minimum Gasteiger partial charge on any atom is -0.444 e. The van der Waals surface area contributed by atoms with E-state index in [1.54, 1.807) is 34.6 Å². The molecule has 7 heteroatoms. The summed E-state index contributed by atoms with van der Waals surface area (Å²) in [6.45, 7) is 11.0. The third-order valence-electron chi connectivity index (χ3n) is 4.13. The first kappa shape index (κ1) is 16.7. The van der Waals surface area contributed by atoms with Gasteiger partial charge in [0, 0.05) is 6.04 Å². The van der Waals surface area contributed by atoms with Gasteiger partial charge in [-0.3, -0.25) is 9.80 Å². The van der Waals surface area contributed by atoms with E-state index in [0.29, 0.717) is 13.0 Å². The number of nitrogens with one attached hydrogen (secondary N) is 1. The van der Waals surface area contributed by atoms with Gasteiger partial charge in [0.05, 0.1) is 6.54 Å². The molecule has 2 amide bonds. The van der Waals surface area contributed by atoms with Crippen molar-refractivity contribution in [1.82, 2.24) is 15.3 Å². The second-order valence-electron chi connectivity index (χ2n) is 7.70. The van der Waals surface area contributed by atoms with Crippen LogP contribution < -0.4 is 5.32 Å². The summed E-state index contributed by atoms with van der Waals surface area (Å²) < 4.78 is 5.23. The molecule has 124 valence electrons. The van der Waals surface area contributed by atoms with Crippen LogP contribution >= 0.6 is 0 Å². The van der Waals surface area contributed by atoms with Crippen molar-refractivity contribution < 1.29 is 19.1 Å². The summed E-state index contributed by atoms with van der Waals surface area (Å²) in [5.74, 6) is -0.280. The van der Waals surface area contributed by atoms with Gasteiger partial charge in [-0.15, -0.1) is 0 Å². The summed E-state index contributed by atoms with van der Waals surface area (Å²) in [5, 5.41) is 6.01. The maximum absolute atomic E-state index is 12.8. The van der Waals surface area contributed by atoms with Gasteiger partial charge in [0.2, 0.25) is 0 Å². The number of amides is 2. The minimum absolute atomic E-state index is 0.0569. The highest BCUT2D eigenvalue weighted by molar-refractivity contribution is 5.94. The van der Waals surface area contributed by atoms with Crippen molar-refractivity contribution in [3.63, 3.8) is 0 Å². The van der Waals surface area contributed by atoms with Gasteiger partial charge >= 0.3 is 6.09 Å². The molecule has 1 N–H and O–H groups in total. The van der Waals surface area contributed by atoms with Gasteiger partial charge in [-0.1, -0.05) is 0 Å². The second kappa shape index (κ2) is 4.94. The fourth-order valence-corrected chi connectivity index (χ4v) is 3.20. The number of nitrogens with zero attached hydrogens (tertiary/aromatic N) is 2. The van der Waals surface area contributed by atoms with Crippen LogP contribution in [0.25, 0.3) is 0 Å². The first-order valence-electron chi connectivity index (χ1n) is 7.51. The van der Waals surface area contributed by atoms with Crippen LogP contribution in [0.5, 0.6) is 0 Å². The number of alkyl carbamates (subject to hydrolysis) is 1. The molecule has 3 atom stereocenters. The van der Waals surface area contributed by atoms with Crippen LogP contribution in [0.4, 0.5) is 4.79 Å². The zero-order valence-electron chi connectivity index (χ0n) is 14.1. The SMILES string of the molecule is CC1CC(C)(C=O)N2C(=O)C(C)(NC(=O)OC(C)(C)C)CN12. The van der Waals surface area contributed by atoms with Crippen molar-refractivity contribution in [2.24, 2.45) is 0 Å². The van der Waals surface area contributed by atoms with Crippen molar-refractivity contribution in [3.05, 3.63) is 0 Å². The van der Waals surface area contributed by atoms with E-state index in [4.69, 9.17) is 4.74 Å². The Morgan fingerprint density at radius 2 is 2.00 bits per heavy atom. The van der Waals surface area contributed by atoms with Gasteiger partial charge in [-0.25, -0.2) is 9.80 Å². The molecule has 2 heterocycles. The predicted molar refractivity (Wildman–Crippen MR) is 79.9 cm³/mol. The lowest BCUT2D eigenvalue weighted by molar-refractivity contribution is -0.149. The number of hydrogen-bond acceptors (Lipinski definition) is 5. The average molecular weight is 311 g/mol. The highest BCUT2D eigenvalue weighted by atomic mass is 16.6. The molecular formula is C15H25N3O4. The largest absolute Gasteiger partial charge is 0.444 e. The third-order valence-corrected chi connectivity index (χ3v) is 4.13. The maximum Gasteiger partial charge on any atom is 0.408 e. The molecule has 7 nitrogen and oxygen atoms in total. The van der Waals surface area contributed by atoms with E-state index in [2.05, 4.69) is 5.32 Å². The van der Waals surface area contributed by atoms with Crippen molar-refractivity contribution in [2.45, 2.75) is 70.7 Å². The van der Waals surface area contributed by atoms with Crippen LogP contribution in [0, 0.1) is 0 Å². The lowest BCUT2D eigenvalue weighted by Gasteiger charge is -2.31. The molecule has 0 bridgehead atoms. The Kier molecular flexibility index (Phi) is 3.76. The number of carbonyl (C=O) groups excluding carboxylic acids is 3. The van der Waals surface area contributed by atoms with Gasteiger partial charge in [0.25, 0.3) is 5.91 Å². The molecule has 2 rings (SSSR count). The topological polar surface area (TPSA) is 79.0 Å². The standard InChI is InChI=1S/C15H25N3O4/c1-10-7-14(5,9-19)18-11(20)15(6,8-17(10)18)16-12(21)22-13(2,3)4/h9-10H,7-8H2,1-6H3,(H,16,21). The molecule has 0 saturated carbocycles. The molecule has 22 heavy (non-hydrogen) atoms. The molecule has 0 radical (unpaired) electrons. The van der Waals surface area contributed by atoms with Gasteiger partial charge < -0.3 is 14.8 Å². The fourth-order valence-electron chi connectivity index (χ4n) is 3.20. The molecule has 0 aromatic rings. The number of aldehydes is 1. The predicted octanol–water partition coefficient (Wildman–Crippen LogP) is 1.08. The molecule has 2 aliphatic heterocycles. The highest BCUT2D eigenvalue weighted by Crippen LogP contribution is 2.39. The zero-order valence-corrected chi connectivity index (χ0v) is 14.1. The Labute approximate surface area is 130 Å². The quantitative estimate of drug-likeness (QED) is 0.772. The highest BCUT2D eigenvalue weighted by Gasteiger charge is 2.60. The lowest BCUT2D eigenvalue weighted by atomic mass is 9.93.